The molecule has 0 radical (unpaired) electrons. The third-order valence-electron chi connectivity index (χ3n) is 9.68. The normalized spacial score (nSPS) is 17.7. The van der Waals surface area contributed by atoms with Gasteiger partial charge in [-0.1, -0.05) is 30.3 Å². The number of anilines is 1. The van der Waals surface area contributed by atoms with Gasteiger partial charge in [0.1, 0.15) is 11.7 Å². The molecule has 2 aliphatic rings. The molecule has 5 rings (SSSR count). The van der Waals surface area contributed by atoms with Gasteiger partial charge in [0, 0.05) is 101 Å². The van der Waals surface area contributed by atoms with Gasteiger partial charge in [-0.25, -0.2) is 4.79 Å². The molecular weight excluding hydrogens is 688 g/mol. The molecule has 53 heavy (non-hydrogen) atoms. The first-order valence-corrected chi connectivity index (χ1v) is 17.9. The molecule has 1 saturated heterocycles. The van der Waals surface area contributed by atoms with Crippen LogP contribution in [0.15, 0.2) is 57.7 Å². The number of rotatable bonds is 13. The Hall–Kier alpha value is -4.87. The zero-order chi connectivity index (χ0) is 37.9. The Morgan fingerprint density at radius 2 is 1.25 bits per heavy atom. The maximum Gasteiger partial charge on any atom is 0.336 e. The number of nitrogens with one attached hydrogen (secondary N) is 1. The molecule has 3 aromatic rings. The fourth-order valence-corrected chi connectivity index (χ4v) is 6.99. The van der Waals surface area contributed by atoms with Crippen LogP contribution in [0.25, 0.3) is 11.0 Å². The van der Waals surface area contributed by atoms with Crippen LogP contribution in [0.1, 0.15) is 29.2 Å². The first-order valence-electron chi connectivity index (χ1n) is 17.9. The molecular formula is C37H48N6O10. The van der Waals surface area contributed by atoms with Gasteiger partial charge in [0.25, 0.3) is 0 Å². The third-order valence-corrected chi connectivity index (χ3v) is 9.68. The second-order valence-electron chi connectivity index (χ2n) is 13.5. The minimum absolute atomic E-state index is 0.0197. The van der Waals surface area contributed by atoms with Crippen molar-refractivity contribution in [3.63, 3.8) is 0 Å². The van der Waals surface area contributed by atoms with E-state index in [1.165, 1.54) is 6.07 Å². The van der Waals surface area contributed by atoms with Crippen molar-refractivity contribution in [2.45, 2.75) is 18.9 Å². The number of nitrogens with zero attached hydrogens (tertiary/aromatic N) is 5. The Balaban J connectivity index is 1.23. The predicted molar refractivity (Wildman–Crippen MR) is 195 cm³/mol. The van der Waals surface area contributed by atoms with Crippen LogP contribution in [-0.2, 0) is 25.6 Å². The standard InChI is InChI=1S/C37H48N6O10/c44-32(22-39-11-13-40(23-33(45)46)15-17-42(25-35(49)50)18-16-41(14-12-39)24-34(47)48)38-8-10-43-9-4-7-27-19-28-29(37(52)26-5-2-1-3-6-26)20-36(51)53-31(28)21-30(27)43/h1-3,5-6,19-21,37,52H,4,7-18,22-25H2,(H,38,44)(H,45,46)(H,47,48)(H,49,50). The van der Waals surface area contributed by atoms with E-state index < -0.39 is 29.6 Å². The molecule has 1 amide bonds. The van der Waals surface area contributed by atoms with Gasteiger partial charge in [-0.3, -0.25) is 38.8 Å². The van der Waals surface area contributed by atoms with Gasteiger partial charge in [0.15, 0.2) is 0 Å². The number of hydrogen-bond donors (Lipinski definition) is 5. The summed E-state index contributed by atoms with van der Waals surface area (Å²) in [6.07, 6.45) is 0.682. The number of fused-ring (bicyclic) bond motifs is 2. The van der Waals surface area contributed by atoms with Crippen LogP contribution in [0.3, 0.4) is 0 Å². The monoisotopic (exact) mass is 736 g/mol. The van der Waals surface area contributed by atoms with Crippen LogP contribution in [-0.4, -0.2) is 162 Å². The SMILES string of the molecule is O=C(O)CN1CCN(CC(=O)O)CCN(CC(=O)NCCN2CCCc3cc4c(C(O)c5ccccc5)cc(=O)oc4cc32)CCN(CC(=O)O)CC1. The molecule has 0 bridgehead atoms. The van der Waals surface area contributed by atoms with E-state index in [1.807, 2.05) is 35.2 Å². The molecule has 0 saturated carbocycles. The van der Waals surface area contributed by atoms with E-state index in [4.69, 9.17) is 4.42 Å². The van der Waals surface area contributed by atoms with E-state index in [-0.39, 0.29) is 32.1 Å². The number of aliphatic carboxylic acids is 3. The zero-order valence-corrected chi connectivity index (χ0v) is 29.7. The van der Waals surface area contributed by atoms with Crippen LogP contribution in [0.2, 0.25) is 0 Å². The summed E-state index contributed by atoms with van der Waals surface area (Å²) in [5, 5.41) is 43.1. The van der Waals surface area contributed by atoms with E-state index >= 15 is 0 Å². The topological polar surface area (TPSA) is 208 Å². The number of aliphatic hydroxyl groups excluding tert-OH is 1. The van der Waals surface area contributed by atoms with Gasteiger partial charge >= 0.3 is 23.5 Å². The summed E-state index contributed by atoms with van der Waals surface area (Å²) in [5.74, 6) is -3.29. The van der Waals surface area contributed by atoms with Gasteiger partial charge in [0.05, 0.1) is 26.2 Å². The molecule has 3 heterocycles. The van der Waals surface area contributed by atoms with Crippen molar-refractivity contribution in [2.75, 3.05) is 103 Å². The second kappa shape index (κ2) is 18.8. The van der Waals surface area contributed by atoms with Gasteiger partial charge < -0.3 is 35.1 Å². The largest absolute Gasteiger partial charge is 0.480 e. The third kappa shape index (κ3) is 11.6. The molecule has 2 aromatic carbocycles. The molecule has 2 aliphatic heterocycles. The highest BCUT2D eigenvalue weighted by Crippen LogP contribution is 2.35. The molecule has 1 fully saturated rings. The quantitative estimate of drug-likeness (QED) is 0.149. The summed E-state index contributed by atoms with van der Waals surface area (Å²) in [6, 6.07) is 14.3. The van der Waals surface area contributed by atoms with Gasteiger partial charge in [-0.05, 0) is 30.0 Å². The second-order valence-corrected chi connectivity index (χ2v) is 13.5. The fraction of sp³-hybridized carbons (Fsp3) is 0.486. The number of carbonyl (C=O) groups is 4. The van der Waals surface area contributed by atoms with Gasteiger partial charge in [0.2, 0.25) is 5.91 Å². The molecule has 1 unspecified atom stereocenters. The smallest absolute Gasteiger partial charge is 0.336 e. The summed E-state index contributed by atoms with van der Waals surface area (Å²) in [7, 11) is 0. The van der Waals surface area contributed by atoms with Crippen molar-refractivity contribution in [2.24, 2.45) is 0 Å². The number of carbonyl (C=O) groups excluding carboxylic acids is 1. The van der Waals surface area contributed by atoms with Crippen molar-refractivity contribution in [1.29, 1.82) is 0 Å². The average Bonchev–Trinajstić information content (AvgIpc) is 3.11. The zero-order valence-electron chi connectivity index (χ0n) is 29.7. The number of benzene rings is 2. The molecule has 0 aliphatic carbocycles. The molecule has 5 N–H and O–H groups in total. The summed E-state index contributed by atoms with van der Waals surface area (Å²) >= 11 is 0. The molecule has 16 nitrogen and oxygen atoms in total. The number of carboxylic acids is 3. The summed E-state index contributed by atoms with van der Waals surface area (Å²) < 4.78 is 5.59. The number of aryl methyl sites for hydroxylation is 1. The minimum atomic E-state index is -1.02. The highest BCUT2D eigenvalue weighted by atomic mass is 16.4. The molecule has 0 spiro atoms. The highest BCUT2D eigenvalue weighted by Gasteiger charge is 2.24. The Labute approximate surface area is 306 Å². The number of amides is 1. The first-order chi connectivity index (χ1) is 25.4. The fourth-order valence-electron chi connectivity index (χ4n) is 6.99. The van der Waals surface area contributed by atoms with Crippen molar-refractivity contribution in [3.05, 3.63) is 75.6 Å². The predicted octanol–water partition coefficient (Wildman–Crippen LogP) is 0.219. The van der Waals surface area contributed by atoms with Gasteiger partial charge in [-0.15, -0.1) is 0 Å². The van der Waals surface area contributed by atoms with Crippen LogP contribution in [0.4, 0.5) is 5.69 Å². The maximum atomic E-state index is 13.2. The number of aliphatic hydroxyl groups is 1. The lowest BCUT2D eigenvalue weighted by atomic mass is 9.94. The highest BCUT2D eigenvalue weighted by molar-refractivity contribution is 5.86. The minimum Gasteiger partial charge on any atom is -0.480 e. The summed E-state index contributed by atoms with van der Waals surface area (Å²) in [6.45, 7) is 3.35. The van der Waals surface area contributed by atoms with Crippen LogP contribution in [0.5, 0.6) is 0 Å². The van der Waals surface area contributed by atoms with E-state index in [9.17, 15) is 44.4 Å². The van der Waals surface area contributed by atoms with Crippen molar-refractivity contribution >= 4 is 40.5 Å². The Bertz CT molecular complexity index is 1770. The molecule has 286 valence electrons. The Morgan fingerprint density at radius 3 is 1.77 bits per heavy atom. The lowest BCUT2D eigenvalue weighted by Crippen LogP contribution is -2.50. The maximum absolute atomic E-state index is 13.2. The van der Waals surface area contributed by atoms with Gasteiger partial charge in [-0.2, -0.15) is 0 Å². The Morgan fingerprint density at radius 1 is 0.717 bits per heavy atom. The lowest BCUT2D eigenvalue weighted by molar-refractivity contribution is -0.140. The molecule has 1 aromatic heterocycles. The lowest BCUT2D eigenvalue weighted by Gasteiger charge is -2.33. The summed E-state index contributed by atoms with van der Waals surface area (Å²) in [5.41, 5.74) is 2.91. The average molecular weight is 737 g/mol. The van der Waals surface area contributed by atoms with E-state index in [0.717, 1.165) is 30.6 Å². The van der Waals surface area contributed by atoms with Crippen molar-refractivity contribution in [3.8, 4) is 0 Å². The van der Waals surface area contributed by atoms with E-state index in [2.05, 4.69) is 10.2 Å². The van der Waals surface area contributed by atoms with Crippen LogP contribution < -0.4 is 15.8 Å². The van der Waals surface area contributed by atoms with E-state index in [1.54, 1.807) is 26.8 Å². The van der Waals surface area contributed by atoms with Crippen molar-refractivity contribution < 1.29 is 44.0 Å². The first kappa shape index (κ1) is 39.3. The Kier molecular flexibility index (Phi) is 13.9. The van der Waals surface area contributed by atoms with Crippen LogP contribution >= 0.6 is 0 Å². The van der Waals surface area contributed by atoms with Crippen LogP contribution in [0, 0.1) is 0 Å². The number of carboxylic acid groups (broad SMARTS) is 3. The molecule has 1 atom stereocenters. The van der Waals surface area contributed by atoms with Crippen molar-refractivity contribution in [1.82, 2.24) is 24.9 Å². The van der Waals surface area contributed by atoms with E-state index in [0.29, 0.717) is 87.5 Å². The summed E-state index contributed by atoms with van der Waals surface area (Å²) in [4.78, 5) is 69.5. The molecule has 16 heteroatoms. The number of hydrogen-bond acceptors (Lipinski definition) is 12.